The van der Waals surface area contributed by atoms with Gasteiger partial charge in [0.1, 0.15) is 0 Å². The van der Waals surface area contributed by atoms with Crippen LogP contribution >= 0.6 is 11.3 Å². The van der Waals surface area contributed by atoms with Gasteiger partial charge in [-0.1, -0.05) is 30.3 Å². The topological polar surface area (TPSA) is 97.0 Å². The van der Waals surface area contributed by atoms with Gasteiger partial charge >= 0.3 is 0 Å². The number of nitrogens with one attached hydrogen (secondary N) is 1. The number of thiazole rings is 1. The first-order chi connectivity index (χ1) is 18.7. The summed E-state index contributed by atoms with van der Waals surface area (Å²) in [7, 11) is 0. The van der Waals surface area contributed by atoms with E-state index in [2.05, 4.69) is 49.7 Å². The Bertz CT molecular complexity index is 1540. The maximum atomic E-state index is 14.2. The van der Waals surface area contributed by atoms with E-state index < -0.39 is 6.04 Å². The van der Waals surface area contributed by atoms with Crippen LogP contribution in [-0.2, 0) is 24.2 Å². The molecular formula is C29H26N6O2S. The lowest BCUT2D eigenvalue weighted by atomic mass is 9.97. The van der Waals surface area contributed by atoms with E-state index in [1.165, 1.54) is 0 Å². The third kappa shape index (κ3) is 4.98. The fraction of sp³-hybridized carbons (Fsp3) is 0.207. The second kappa shape index (κ2) is 10.6. The van der Waals surface area contributed by atoms with Crippen molar-refractivity contribution < 1.29 is 9.21 Å². The van der Waals surface area contributed by atoms with Gasteiger partial charge in [-0.2, -0.15) is 0 Å². The SMILES string of the molecule is Cc1nnc(-c2cc(-c3ccncc3)cc3c2CCN3C(=O)[C@H](Cc2ccccc2)NCc2cscn2)o1. The van der Waals surface area contributed by atoms with Gasteiger partial charge in [0.25, 0.3) is 0 Å². The standard InChI is InChI=1S/C29H26N6O2S/c1-19-33-34-28(37-19)25-14-22(21-7-10-30-11-8-21)15-27-24(25)9-12-35(27)29(36)26(13-20-5-3-2-4-6-20)31-16-23-17-38-18-32-23/h2-8,10-11,14-15,17-18,26,31H,9,12-13,16H2,1H3/t26-/m0/s1. The summed E-state index contributed by atoms with van der Waals surface area (Å²) in [6.45, 7) is 2.89. The Labute approximate surface area is 224 Å². The van der Waals surface area contributed by atoms with Gasteiger partial charge in [-0.25, -0.2) is 4.98 Å². The van der Waals surface area contributed by atoms with Crippen molar-refractivity contribution in [1.82, 2.24) is 25.5 Å². The third-order valence-electron chi connectivity index (χ3n) is 6.73. The van der Waals surface area contributed by atoms with Crippen LogP contribution in [0.5, 0.6) is 0 Å². The zero-order chi connectivity index (χ0) is 25.9. The maximum Gasteiger partial charge on any atom is 0.248 e. The monoisotopic (exact) mass is 522 g/mol. The average Bonchev–Trinajstić information content (AvgIpc) is 3.72. The van der Waals surface area contributed by atoms with Gasteiger partial charge in [-0.3, -0.25) is 15.1 Å². The molecule has 0 bridgehead atoms. The predicted molar refractivity (Wildman–Crippen MR) is 147 cm³/mol. The predicted octanol–water partition coefficient (Wildman–Crippen LogP) is 4.85. The number of aryl methyl sites for hydroxylation is 1. The van der Waals surface area contributed by atoms with Crippen LogP contribution in [0.4, 0.5) is 5.69 Å². The first kappa shape index (κ1) is 24.1. The molecule has 0 saturated carbocycles. The first-order valence-electron chi connectivity index (χ1n) is 12.5. The molecule has 38 heavy (non-hydrogen) atoms. The van der Waals surface area contributed by atoms with E-state index in [1.54, 1.807) is 30.7 Å². The fourth-order valence-corrected chi connectivity index (χ4v) is 5.44. The number of pyridine rings is 1. The second-order valence-corrected chi connectivity index (χ2v) is 9.95. The molecule has 190 valence electrons. The minimum Gasteiger partial charge on any atom is -0.421 e. The average molecular weight is 523 g/mol. The Morgan fingerprint density at radius 1 is 1.11 bits per heavy atom. The van der Waals surface area contributed by atoms with Gasteiger partial charge in [-0.15, -0.1) is 21.5 Å². The highest BCUT2D eigenvalue weighted by Crippen LogP contribution is 2.40. The molecule has 2 aromatic carbocycles. The number of nitrogens with zero attached hydrogens (tertiary/aromatic N) is 5. The minimum absolute atomic E-state index is 0.0300. The quantitative estimate of drug-likeness (QED) is 0.311. The summed E-state index contributed by atoms with van der Waals surface area (Å²) in [4.78, 5) is 24.6. The molecule has 1 aliphatic heterocycles. The Hall–Kier alpha value is -4.21. The Balaban J connectivity index is 1.38. The number of rotatable bonds is 8. The highest BCUT2D eigenvalue weighted by Gasteiger charge is 2.33. The summed E-state index contributed by atoms with van der Waals surface area (Å²) in [5.74, 6) is 0.997. The van der Waals surface area contributed by atoms with Gasteiger partial charge < -0.3 is 9.32 Å². The molecule has 3 aromatic heterocycles. The van der Waals surface area contributed by atoms with E-state index in [1.807, 2.05) is 46.1 Å². The van der Waals surface area contributed by atoms with Crippen LogP contribution in [-0.4, -0.2) is 38.7 Å². The Morgan fingerprint density at radius 3 is 2.68 bits per heavy atom. The number of benzene rings is 2. The molecule has 6 rings (SSSR count). The summed E-state index contributed by atoms with van der Waals surface area (Å²) in [6, 6.07) is 17.8. The van der Waals surface area contributed by atoms with E-state index in [9.17, 15) is 4.79 Å². The van der Waals surface area contributed by atoms with E-state index >= 15 is 0 Å². The highest BCUT2D eigenvalue weighted by atomic mass is 32.1. The minimum atomic E-state index is -0.413. The van der Waals surface area contributed by atoms with Crippen molar-refractivity contribution in [2.45, 2.75) is 32.4 Å². The molecule has 9 heteroatoms. The van der Waals surface area contributed by atoms with Crippen molar-refractivity contribution >= 4 is 22.9 Å². The van der Waals surface area contributed by atoms with Crippen molar-refractivity contribution in [3.8, 4) is 22.6 Å². The highest BCUT2D eigenvalue weighted by molar-refractivity contribution is 7.07. The van der Waals surface area contributed by atoms with Gasteiger partial charge in [-0.05, 0) is 59.4 Å². The zero-order valence-corrected chi connectivity index (χ0v) is 21.7. The molecule has 1 amide bonds. The van der Waals surface area contributed by atoms with Crippen molar-refractivity contribution in [3.05, 3.63) is 101 Å². The summed E-state index contributed by atoms with van der Waals surface area (Å²) >= 11 is 1.55. The molecule has 8 nitrogen and oxygen atoms in total. The molecule has 0 saturated heterocycles. The lowest BCUT2D eigenvalue weighted by Gasteiger charge is -2.25. The van der Waals surface area contributed by atoms with Crippen molar-refractivity contribution in [2.75, 3.05) is 11.4 Å². The van der Waals surface area contributed by atoms with Crippen molar-refractivity contribution in [1.29, 1.82) is 0 Å². The lowest BCUT2D eigenvalue weighted by Crippen LogP contribution is -2.47. The number of amides is 1. The largest absolute Gasteiger partial charge is 0.421 e. The molecule has 5 aromatic rings. The Morgan fingerprint density at radius 2 is 1.95 bits per heavy atom. The lowest BCUT2D eigenvalue weighted by molar-refractivity contribution is -0.120. The van der Waals surface area contributed by atoms with Crippen molar-refractivity contribution in [3.63, 3.8) is 0 Å². The van der Waals surface area contributed by atoms with Crippen LogP contribution < -0.4 is 10.2 Å². The van der Waals surface area contributed by atoms with E-state index in [-0.39, 0.29) is 5.91 Å². The molecular weight excluding hydrogens is 496 g/mol. The molecule has 0 spiro atoms. The van der Waals surface area contributed by atoms with Crippen LogP contribution in [0.2, 0.25) is 0 Å². The van der Waals surface area contributed by atoms with Gasteiger partial charge in [0.2, 0.25) is 17.7 Å². The molecule has 0 radical (unpaired) electrons. The molecule has 0 fully saturated rings. The first-order valence-corrected chi connectivity index (χ1v) is 13.4. The number of anilines is 1. The number of carbonyl (C=O) groups excluding carboxylic acids is 1. The molecule has 0 aliphatic carbocycles. The number of hydrogen-bond donors (Lipinski definition) is 1. The molecule has 1 atom stereocenters. The van der Waals surface area contributed by atoms with Crippen LogP contribution in [0.3, 0.4) is 0 Å². The second-order valence-electron chi connectivity index (χ2n) is 9.23. The van der Waals surface area contributed by atoms with Crippen LogP contribution in [0.25, 0.3) is 22.6 Å². The summed E-state index contributed by atoms with van der Waals surface area (Å²) in [6.07, 6.45) is 4.81. The third-order valence-corrected chi connectivity index (χ3v) is 7.37. The van der Waals surface area contributed by atoms with Gasteiger partial charge in [0.15, 0.2) is 0 Å². The maximum absolute atomic E-state index is 14.2. The molecule has 1 N–H and O–H groups in total. The number of carbonyl (C=O) groups is 1. The van der Waals surface area contributed by atoms with Gasteiger partial charge in [0.05, 0.1) is 17.2 Å². The van der Waals surface area contributed by atoms with E-state index in [4.69, 9.17) is 4.42 Å². The summed E-state index contributed by atoms with van der Waals surface area (Å²) in [5.41, 5.74) is 8.58. The number of fused-ring (bicyclic) bond motifs is 1. The van der Waals surface area contributed by atoms with Crippen LogP contribution in [0.15, 0.2) is 82.3 Å². The molecule has 1 aliphatic rings. The number of hydrogen-bond acceptors (Lipinski definition) is 8. The fourth-order valence-electron chi connectivity index (χ4n) is 4.88. The van der Waals surface area contributed by atoms with Gasteiger partial charge in [0, 0.05) is 49.0 Å². The summed E-state index contributed by atoms with van der Waals surface area (Å²) in [5, 5.41) is 13.8. The van der Waals surface area contributed by atoms with Crippen LogP contribution in [0, 0.1) is 6.92 Å². The smallest absolute Gasteiger partial charge is 0.248 e. The van der Waals surface area contributed by atoms with Crippen LogP contribution in [0.1, 0.15) is 22.7 Å². The molecule has 4 heterocycles. The number of aromatic nitrogens is 4. The Kier molecular flexibility index (Phi) is 6.76. The van der Waals surface area contributed by atoms with Crippen molar-refractivity contribution in [2.24, 2.45) is 0 Å². The van der Waals surface area contributed by atoms with E-state index in [0.29, 0.717) is 37.7 Å². The van der Waals surface area contributed by atoms with E-state index in [0.717, 1.165) is 39.2 Å². The normalized spacial score (nSPS) is 13.4. The zero-order valence-electron chi connectivity index (χ0n) is 20.9. The molecule has 0 unspecified atom stereocenters. The summed E-state index contributed by atoms with van der Waals surface area (Å²) < 4.78 is 5.83.